The molecule has 0 radical (unpaired) electrons. The van der Waals surface area contributed by atoms with E-state index in [1.807, 2.05) is 12.1 Å². The standard InChI is InChI=1S/C25H26N2O4/c1-16(2)17-7-9-18(10-8-17)22(28)15-31-25(30)19-11-12-20-21(14-19)26-23-6-4-3-5-13-27(23)24(20)29/h7-12,14,16H,3-6,13,15H2,1-2H3. The van der Waals surface area contributed by atoms with Crippen molar-refractivity contribution in [2.24, 2.45) is 0 Å². The van der Waals surface area contributed by atoms with Crippen molar-refractivity contribution in [1.29, 1.82) is 0 Å². The van der Waals surface area contributed by atoms with Gasteiger partial charge in [0.15, 0.2) is 12.4 Å². The Labute approximate surface area is 180 Å². The van der Waals surface area contributed by atoms with Crippen LogP contribution in [0, 0.1) is 0 Å². The minimum Gasteiger partial charge on any atom is -0.454 e. The van der Waals surface area contributed by atoms with Crippen LogP contribution >= 0.6 is 0 Å². The minimum absolute atomic E-state index is 0.0677. The van der Waals surface area contributed by atoms with Crippen molar-refractivity contribution < 1.29 is 14.3 Å². The van der Waals surface area contributed by atoms with Gasteiger partial charge in [0.2, 0.25) is 0 Å². The Kier molecular flexibility index (Phi) is 5.98. The molecule has 0 saturated heterocycles. The van der Waals surface area contributed by atoms with Crippen molar-refractivity contribution >= 4 is 22.7 Å². The number of hydrogen-bond acceptors (Lipinski definition) is 5. The zero-order valence-electron chi connectivity index (χ0n) is 17.9. The first kappa shape index (κ1) is 21.0. The molecule has 0 N–H and O–H groups in total. The molecule has 2 heterocycles. The Balaban J connectivity index is 1.50. The van der Waals surface area contributed by atoms with Crippen LogP contribution in [0.3, 0.4) is 0 Å². The quantitative estimate of drug-likeness (QED) is 0.456. The lowest BCUT2D eigenvalue weighted by Gasteiger charge is -2.11. The van der Waals surface area contributed by atoms with Gasteiger partial charge >= 0.3 is 5.97 Å². The van der Waals surface area contributed by atoms with E-state index in [-0.39, 0.29) is 23.5 Å². The van der Waals surface area contributed by atoms with Gasteiger partial charge in [-0.05, 0) is 42.5 Å². The average Bonchev–Trinajstić information content (AvgIpc) is 3.02. The second kappa shape index (κ2) is 8.84. The molecule has 0 fully saturated rings. The number of esters is 1. The van der Waals surface area contributed by atoms with Gasteiger partial charge in [0.25, 0.3) is 5.56 Å². The van der Waals surface area contributed by atoms with E-state index in [2.05, 4.69) is 18.8 Å². The van der Waals surface area contributed by atoms with Crippen LogP contribution in [-0.4, -0.2) is 27.9 Å². The summed E-state index contributed by atoms with van der Waals surface area (Å²) < 4.78 is 6.98. The summed E-state index contributed by atoms with van der Waals surface area (Å²) in [6.07, 6.45) is 3.80. The lowest BCUT2D eigenvalue weighted by Crippen LogP contribution is -2.24. The smallest absolute Gasteiger partial charge is 0.338 e. The number of nitrogens with zero attached hydrogens (tertiary/aromatic N) is 2. The van der Waals surface area contributed by atoms with Crippen LogP contribution in [0.1, 0.15) is 71.1 Å². The summed E-state index contributed by atoms with van der Waals surface area (Å²) in [5, 5.41) is 0.489. The predicted molar refractivity (Wildman–Crippen MR) is 119 cm³/mol. The lowest BCUT2D eigenvalue weighted by atomic mass is 10.0. The van der Waals surface area contributed by atoms with Gasteiger partial charge in [0, 0.05) is 18.5 Å². The van der Waals surface area contributed by atoms with Crippen molar-refractivity contribution in [3.05, 3.63) is 75.3 Å². The fourth-order valence-corrected chi connectivity index (χ4v) is 3.90. The number of carbonyl (C=O) groups is 2. The second-order valence-corrected chi connectivity index (χ2v) is 8.30. The van der Waals surface area contributed by atoms with E-state index in [0.717, 1.165) is 37.1 Å². The predicted octanol–water partition coefficient (Wildman–Crippen LogP) is 4.29. The molecule has 0 aliphatic carbocycles. The first-order valence-electron chi connectivity index (χ1n) is 10.8. The maximum absolute atomic E-state index is 12.8. The van der Waals surface area contributed by atoms with Crippen LogP contribution in [0.15, 0.2) is 47.3 Å². The topological polar surface area (TPSA) is 78.3 Å². The van der Waals surface area contributed by atoms with E-state index in [0.29, 0.717) is 28.9 Å². The van der Waals surface area contributed by atoms with Gasteiger partial charge in [-0.2, -0.15) is 0 Å². The van der Waals surface area contributed by atoms with E-state index in [9.17, 15) is 14.4 Å². The summed E-state index contributed by atoms with van der Waals surface area (Å²) in [6.45, 7) is 4.52. The fraction of sp³-hybridized carbons (Fsp3) is 0.360. The SMILES string of the molecule is CC(C)c1ccc(C(=O)COC(=O)c2ccc3c(=O)n4c(nc3c2)CCCCC4)cc1. The largest absolute Gasteiger partial charge is 0.454 e. The molecule has 1 aliphatic rings. The van der Waals surface area contributed by atoms with Crippen molar-refractivity contribution in [2.45, 2.75) is 52.0 Å². The number of aryl methyl sites for hydroxylation is 1. The third-order valence-electron chi connectivity index (χ3n) is 5.79. The molecule has 31 heavy (non-hydrogen) atoms. The van der Waals surface area contributed by atoms with Crippen LogP contribution in [0.2, 0.25) is 0 Å². The molecular weight excluding hydrogens is 392 g/mol. The van der Waals surface area contributed by atoms with Crippen LogP contribution in [0.4, 0.5) is 0 Å². The number of ether oxygens (including phenoxy) is 1. The Bertz CT molecular complexity index is 1190. The molecule has 4 rings (SSSR count). The summed E-state index contributed by atoms with van der Waals surface area (Å²) in [6, 6.07) is 12.1. The van der Waals surface area contributed by atoms with Crippen LogP contribution in [-0.2, 0) is 17.7 Å². The summed E-state index contributed by atoms with van der Waals surface area (Å²) in [7, 11) is 0. The molecule has 0 atom stereocenters. The first-order chi connectivity index (χ1) is 14.9. The summed E-state index contributed by atoms with van der Waals surface area (Å²) in [5.74, 6) is 0.282. The van der Waals surface area contributed by atoms with Gasteiger partial charge in [-0.1, -0.05) is 44.5 Å². The molecule has 6 nitrogen and oxygen atoms in total. The Morgan fingerprint density at radius 3 is 2.52 bits per heavy atom. The van der Waals surface area contributed by atoms with Gasteiger partial charge in [0.1, 0.15) is 5.82 Å². The summed E-state index contributed by atoms with van der Waals surface area (Å²) in [4.78, 5) is 42.3. The van der Waals surface area contributed by atoms with Crippen LogP contribution in [0.25, 0.3) is 10.9 Å². The molecule has 160 valence electrons. The second-order valence-electron chi connectivity index (χ2n) is 8.30. The Morgan fingerprint density at radius 2 is 1.77 bits per heavy atom. The molecule has 1 aliphatic heterocycles. The fourth-order valence-electron chi connectivity index (χ4n) is 3.90. The summed E-state index contributed by atoms with van der Waals surface area (Å²) in [5.41, 5.74) is 2.35. The molecule has 3 aromatic rings. The van der Waals surface area contributed by atoms with Crippen LogP contribution < -0.4 is 5.56 Å². The number of aromatic nitrogens is 2. The van der Waals surface area contributed by atoms with E-state index in [1.54, 1.807) is 34.9 Å². The van der Waals surface area contributed by atoms with E-state index in [1.165, 1.54) is 0 Å². The highest BCUT2D eigenvalue weighted by Gasteiger charge is 2.17. The monoisotopic (exact) mass is 418 g/mol. The number of hydrogen-bond donors (Lipinski definition) is 0. The highest BCUT2D eigenvalue weighted by atomic mass is 16.5. The number of benzene rings is 2. The molecule has 0 bridgehead atoms. The van der Waals surface area contributed by atoms with Gasteiger partial charge in [0.05, 0.1) is 16.5 Å². The maximum atomic E-state index is 12.8. The number of fused-ring (bicyclic) bond motifs is 2. The van der Waals surface area contributed by atoms with Gasteiger partial charge < -0.3 is 4.74 Å². The van der Waals surface area contributed by atoms with Crippen LogP contribution in [0.5, 0.6) is 0 Å². The van der Waals surface area contributed by atoms with E-state index in [4.69, 9.17) is 4.74 Å². The molecule has 0 saturated carbocycles. The zero-order valence-corrected chi connectivity index (χ0v) is 17.9. The zero-order chi connectivity index (χ0) is 22.0. The van der Waals surface area contributed by atoms with E-state index < -0.39 is 5.97 Å². The molecule has 6 heteroatoms. The number of Topliss-reactive ketones (excluding diaryl/α,β-unsaturated/α-hetero) is 1. The summed E-state index contributed by atoms with van der Waals surface area (Å²) >= 11 is 0. The lowest BCUT2D eigenvalue weighted by molar-refractivity contribution is 0.0475. The van der Waals surface area contributed by atoms with Crippen molar-refractivity contribution in [2.75, 3.05) is 6.61 Å². The van der Waals surface area contributed by atoms with Gasteiger partial charge in [-0.15, -0.1) is 0 Å². The minimum atomic E-state index is -0.606. The third-order valence-corrected chi connectivity index (χ3v) is 5.79. The van der Waals surface area contributed by atoms with Crippen molar-refractivity contribution in [3.8, 4) is 0 Å². The first-order valence-corrected chi connectivity index (χ1v) is 10.8. The van der Waals surface area contributed by atoms with E-state index >= 15 is 0 Å². The average molecular weight is 418 g/mol. The van der Waals surface area contributed by atoms with Crippen molar-refractivity contribution in [3.63, 3.8) is 0 Å². The molecular formula is C25H26N2O4. The molecule has 1 aromatic heterocycles. The number of ketones is 1. The maximum Gasteiger partial charge on any atom is 0.338 e. The Morgan fingerprint density at radius 1 is 1.03 bits per heavy atom. The van der Waals surface area contributed by atoms with Gasteiger partial charge in [-0.3, -0.25) is 14.2 Å². The molecule has 0 amide bonds. The van der Waals surface area contributed by atoms with Gasteiger partial charge in [-0.25, -0.2) is 9.78 Å². The van der Waals surface area contributed by atoms with Crippen molar-refractivity contribution in [1.82, 2.24) is 9.55 Å². The molecule has 0 unspecified atom stereocenters. The highest BCUT2D eigenvalue weighted by molar-refractivity contribution is 6.00. The number of rotatable bonds is 5. The number of carbonyl (C=O) groups excluding carboxylic acids is 2. The molecule has 2 aromatic carbocycles. The highest BCUT2D eigenvalue weighted by Crippen LogP contribution is 2.18. The Hall–Kier alpha value is -3.28. The normalized spacial score (nSPS) is 13.6. The molecule has 0 spiro atoms. The third kappa shape index (κ3) is 4.43.